The Labute approximate surface area is 89.6 Å². The van der Waals surface area contributed by atoms with Crippen LogP contribution >= 0.6 is 0 Å². The van der Waals surface area contributed by atoms with Gasteiger partial charge in [-0.1, -0.05) is 24.3 Å². The maximum Gasteiger partial charge on any atom is 0.195 e. The first kappa shape index (κ1) is 9.97. The number of carbonyl (C=O) groups is 1. The molecule has 1 aliphatic carbocycles. The maximum atomic E-state index is 11.6. The topological polar surface area (TPSA) is 26.3 Å². The summed E-state index contributed by atoms with van der Waals surface area (Å²) in [6.07, 6.45) is 6.06. The number of benzene rings is 1. The molecule has 1 aliphatic rings. The number of ether oxygens (including phenoxy) is 1. The van der Waals surface area contributed by atoms with Crippen LogP contribution in [0.4, 0.5) is 0 Å². The van der Waals surface area contributed by atoms with Crippen molar-refractivity contribution in [3.05, 3.63) is 42.5 Å². The van der Waals surface area contributed by atoms with E-state index >= 15 is 0 Å². The molecule has 0 aromatic heterocycles. The highest BCUT2D eigenvalue weighted by atomic mass is 16.5. The van der Waals surface area contributed by atoms with E-state index in [9.17, 15) is 4.79 Å². The van der Waals surface area contributed by atoms with E-state index in [4.69, 9.17) is 4.74 Å². The van der Waals surface area contributed by atoms with Crippen LogP contribution in [0.25, 0.3) is 0 Å². The van der Waals surface area contributed by atoms with Gasteiger partial charge in [0.25, 0.3) is 0 Å². The highest BCUT2D eigenvalue weighted by Crippen LogP contribution is 2.17. The predicted octanol–water partition coefficient (Wildman–Crippen LogP) is 2.74. The highest BCUT2D eigenvalue weighted by Gasteiger charge is 2.18. The number of allylic oxidation sites excluding steroid dienone is 1. The van der Waals surface area contributed by atoms with E-state index in [1.807, 2.05) is 36.4 Å². The van der Waals surface area contributed by atoms with Crippen LogP contribution in [0.15, 0.2) is 42.5 Å². The SMILES string of the molecule is O=C1C=CCCCC1Oc1ccccc1. The van der Waals surface area contributed by atoms with Crippen LogP contribution in [0.2, 0.25) is 0 Å². The van der Waals surface area contributed by atoms with Crippen molar-refractivity contribution in [1.29, 1.82) is 0 Å². The van der Waals surface area contributed by atoms with Crippen LogP contribution in [-0.4, -0.2) is 11.9 Å². The van der Waals surface area contributed by atoms with Crippen LogP contribution < -0.4 is 4.74 Å². The van der Waals surface area contributed by atoms with Crippen molar-refractivity contribution >= 4 is 5.78 Å². The molecule has 1 aromatic rings. The Morgan fingerprint density at radius 2 is 2.00 bits per heavy atom. The second-order valence-corrected chi connectivity index (χ2v) is 3.66. The second-order valence-electron chi connectivity index (χ2n) is 3.66. The van der Waals surface area contributed by atoms with Crippen molar-refractivity contribution in [2.45, 2.75) is 25.4 Å². The first-order chi connectivity index (χ1) is 7.36. The van der Waals surface area contributed by atoms with E-state index in [-0.39, 0.29) is 11.9 Å². The van der Waals surface area contributed by atoms with Gasteiger partial charge in [0.15, 0.2) is 11.9 Å². The third-order valence-electron chi connectivity index (χ3n) is 2.46. The largest absolute Gasteiger partial charge is 0.482 e. The minimum atomic E-state index is -0.300. The van der Waals surface area contributed by atoms with Gasteiger partial charge in [-0.05, 0) is 37.5 Å². The van der Waals surface area contributed by atoms with Crippen molar-refractivity contribution in [2.75, 3.05) is 0 Å². The van der Waals surface area contributed by atoms with E-state index in [2.05, 4.69) is 0 Å². The molecule has 78 valence electrons. The Balaban J connectivity index is 2.05. The first-order valence-corrected chi connectivity index (χ1v) is 5.28. The summed E-state index contributed by atoms with van der Waals surface area (Å²) in [5.41, 5.74) is 0. The fraction of sp³-hybridized carbons (Fsp3) is 0.308. The summed E-state index contributed by atoms with van der Waals surface area (Å²) in [5.74, 6) is 0.850. The van der Waals surface area contributed by atoms with Gasteiger partial charge in [0.1, 0.15) is 5.75 Å². The van der Waals surface area contributed by atoms with Crippen molar-refractivity contribution in [3.63, 3.8) is 0 Å². The maximum absolute atomic E-state index is 11.6. The molecule has 1 atom stereocenters. The normalized spacial score (nSPS) is 21.1. The van der Waals surface area contributed by atoms with Crippen LogP contribution in [0.3, 0.4) is 0 Å². The van der Waals surface area contributed by atoms with Gasteiger partial charge in [0, 0.05) is 0 Å². The molecule has 0 heterocycles. The number of hydrogen-bond donors (Lipinski definition) is 0. The number of ketones is 1. The lowest BCUT2D eigenvalue weighted by molar-refractivity contribution is -0.121. The van der Waals surface area contributed by atoms with E-state index in [0.717, 1.165) is 25.0 Å². The summed E-state index contributed by atoms with van der Waals surface area (Å²) in [4.78, 5) is 11.6. The van der Waals surface area contributed by atoms with Gasteiger partial charge >= 0.3 is 0 Å². The lowest BCUT2D eigenvalue weighted by Gasteiger charge is -2.14. The first-order valence-electron chi connectivity index (χ1n) is 5.28. The summed E-state index contributed by atoms with van der Waals surface area (Å²) in [6, 6.07) is 9.50. The average molecular weight is 202 g/mol. The van der Waals surface area contributed by atoms with Gasteiger partial charge in [-0.3, -0.25) is 4.79 Å². The molecule has 2 rings (SSSR count). The summed E-state index contributed by atoms with van der Waals surface area (Å²) < 4.78 is 5.65. The standard InChI is InChI=1S/C13H14O2/c14-12-9-5-2-6-10-13(12)15-11-7-3-1-4-8-11/h1,3-5,7-9,13H,2,6,10H2. The molecule has 0 spiro atoms. The van der Waals surface area contributed by atoms with E-state index in [1.54, 1.807) is 6.08 Å². The number of carbonyl (C=O) groups excluding carboxylic acids is 1. The Kier molecular flexibility index (Phi) is 3.18. The Bertz CT molecular complexity index is 354. The van der Waals surface area contributed by atoms with Crippen molar-refractivity contribution in [1.82, 2.24) is 0 Å². The molecular weight excluding hydrogens is 188 g/mol. The smallest absolute Gasteiger partial charge is 0.195 e. The van der Waals surface area contributed by atoms with Gasteiger partial charge < -0.3 is 4.74 Å². The molecule has 0 fully saturated rings. The molecule has 2 nitrogen and oxygen atoms in total. The fourth-order valence-electron chi connectivity index (χ4n) is 1.65. The van der Waals surface area contributed by atoms with Crippen molar-refractivity contribution < 1.29 is 9.53 Å². The molecule has 0 amide bonds. The van der Waals surface area contributed by atoms with Crippen molar-refractivity contribution in [2.24, 2.45) is 0 Å². The van der Waals surface area contributed by atoms with Gasteiger partial charge in [-0.2, -0.15) is 0 Å². The third kappa shape index (κ3) is 2.69. The molecular formula is C13H14O2. The molecule has 1 unspecified atom stereocenters. The molecule has 0 bridgehead atoms. The molecule has 0 radical (unpaired) electrons. The number of para-hydroxylation sites is 1. The van der Waals surface area contributed by atoms with Crippen LogP contribution in [-0.2, 0) is 4.79 Å². The lowest BCUT2D eigenvalue weighted by atomic mass is 10.1. The quantitative estimate of drug-likeness (QED) is 0.737. The zero-order valence-electron chi connectivity index (χ0n) is 8.56. The van der Waals surface area contributed by atoms with Gasteiger partial charge in [0.2, 0.25) is 0 Å². The minimum absolute atomic E-state index is 0.0800. The van der Waals surface area contributed by atoms with E-state index in [0.29, 0.717) is 0 Å². The molecule has 0 saturated heterocycles. The number of hydrogen-bond acceptors (Lipinski definition) is 2. The summed E-state index contributed by atoms with van der Waals surface area (Å²) in [6.45, 7) is 0. The Hall–Kier alpha value is -1.57. The van der Waals surface area contributed by atoms with Crippen LogP contribution in [0, 0.1) is 0 Å². The van der Waals surface area contributed by atoms with Crippen LogP contribution in [0.1, 0.15) is 19.3 Å². The number of rotatable bonds is 2. The van der Waals surface area contributed by atoms with Gasteiger partial charge in [-0.15, -0.1) is 0 Å². The zero-order valence-corrected chi connectivity index (χ0v) is 8.56. The van der Waals surface area contributed by atoms with Crippen molar-refractivity contribution in [3.8, 4) is 5.75 Å². The molecule has 1 aromatic carbocycles. The second kappa shape index (κ2) is 4.78. The van der Waals surface area contributed by atoms with Gasteiger partial charge in [0.05, 0.1) is 0 Å². The molecule has 2 heteroatoms. The summed E-state index contributed by atoms with van der Waals surface area (Å²) >= 11 is 0. The fourth-order valence-corrected chi connectivity index (χ4v) is 1.65. The molecule has 0 N–H and O–H groups in total. The van der Waals surface area contributed by atoms with Gasteiger partial charge in [-0.25, -0.2) is 0 Å². The third-order valence-corrected chi connectivity index (χ3v) is 2.46. The highest BCUT2D eigenvalue weighted by molar-refractivity contribution is 5.93. The minimum Gasteiger partial charge on any atom is -0.482 e. The Morgan fingerprint density at radius 3 is 2.80 bits per heavy atom. The Morgan fingerprint density at radius 1 is 1.20 bits per heavy atom. The van der Waals surface area contributed by atoms with E-state index in [1.165, 1.54) is 0 Å². The summed E-state index contributed by atoms with van der Waals surface area (Å²) in [7, 11) is 0. The molecule has 15 heavy (non-hydrogen) atoms. The lowest BCUT2D eigenvalue weighted by Crippen LogP contribution is -2.24. The predicted molar refractivity (Wildman–Crippen MR) is 58.9 cm³/mol. The zero-order chi connectivity index (χ0) is 10.5. The molecule has 0 saturated carbocycles. The molecule has 0 aliphatic heterocycles. The monoisotopic (exact) mass is 202 g/mol. The summed E-state index contributed by atoms with van der Waals surface area (Å²) in [5, 5.41) is 0. The average Bonchev–Trinajstić information content (AvgIpc) is 2.46. The van der Waals surface area contributed by atoms with E-state index < -0.39 is 0 Å². The van der Waals surface area contributed by atoms with Crippen LogP contribution in [0.5, 0.6) is 5.75 Å².